The molecule has 0 amide bonds. The molecule has 2 unspecified atom stereocenters. The molecular weight excluding hydrogens is 256 g/mol. The molecule has 3 rings (SSSR count). The number of hydrogen-bond donors (Lipinski definition) is 1. The lowest BCUT2D eigenvalue weighted by Gasteiger charge is -2.36. The van der Waals surface area contributed by atoms with E-state index in [0.717, 1.165) is 24.4 Å². The quantitative estimate of drug-likeness (QED) is 0.918. The summed E-state index contributed by atoms with van der Waals surface area (Å²) >= 11 is 1.82. The Bertz CT molecular complexity index is 488. The topological polar surface area (TPSA) is 53.6 Å². The van der Waals surface area contributed by atoms with Crippen LogP contribution in [0.5, 0.6) is 0 Å². The van der Waals surface area contributed by atoms with Crippen LogP contribution in [-0.4, -0.2) is 26.4 Å². The summed E-state index contributed by atoms with van der Waals surface area (Å²) in [6.07, 6.45) is 10.6. The predicted octanol–water partition coefficient (Wildman–Crippen LogP) is 2.47. The molecular formula is C14H20N4S. The average molecular weight is 276 g/mol. The van der Waals surface area contributed by atoms with Crippen LogP contribution in [0.2, 0.25) is 0 Å². The Balaban J connectivity index is 1.66. The van der Waals surface area contributed by atoms with Crippen molar-refractivity contribution in [1.29, 1.82) is 5.26 Å². The largest absolute Gasteiger partial charge is 0.329 e. The summed E-state index contributed by atoms with van der Waals surface area (Å²) in [5.41, 5.74) is -0.289. The fourth-order valence-electron chi connectivity index (χ4n) is 2.82. The first kappa shape index (κ1) is 13.0. The van der Waals surface area contributed by atoms with E-state index in [2.05, 4.69) is 20.9 Å². The number of rotatable bonds is 4. The van der Waals surface area contributed by atoms with Gasteiger partial charge < -0.3 is 4.57 Å². The van der Waals surface area contributed by atoms with Crippen molar-refractivity contribution in [3.8, 4) is 6.07 Å². The predicted molar refractivity (Wildman–Crippen MR) is 75.8 cm³/mol. The number of nitrogens with zero attached hydrogens (tertiary/aromatic N) is 3. The van der Waals surface area contributed by atoms with Crippen molar-refractivity contribution >= 4 is 11.8 Å². The second kappa shape index (κ2) is 5.18. The number of thioether (sulfide) groups is 1. The SMILES string of the molecule is Cn1ccnc1SC1CCCC(C#N)(NC2CC2)C1. The molecule has 1 aromatic heterocycles. The van der Waals surface area contributed by atoms with Crippen molar-refractivity contribution in [2.45, 2.75) is 60.5 Å². The molecule has 0 bridgehead atoms. The third kappa shape index (κ3) is 2.96. The molecule has 0 spiro atoms. The minimum atomic E-state index is -0.289. The molecule has 0 radical (unpaired) electrons. The monoisotopic (exact) mass is 276 g/mol. The highest BCUT2D eigenvalue weighted by molar-refractivity contribution is 7.99. The van der Waals surface area contributed by atoms with Crippen LogP contribution >= 0.6 is 11.8 Å². The summed E-state index contributed by atoms with van der Waals surface area (Å²) in [5.74, 6) is 0. The van der Waals surface area contributed by atoms with E-state index in [1.807, 2.05) is 31.2 Å². The Morgan fingerprint density at radius 3 is 3.00 bits per heavy atom. The van der Waals surface area contributed by atoms with Gasteiger partial charge in [-0.05, 0) is 38.5 Å². The number of hydrogen-bond acceptors (Lipinski definition) is 4. The summed E-state index contributed by atoms with van der Waals surface area (Å²) in [7, 11) is 2.03. The standard InChI is InChI=1S/C14H20N4S/c1-18-8-7-16-13(18)19-12-3-2-6-14(9-12,10-15)17-11-4-5-11/h7-8,11-12,17H,2-6,9H2,1H3. The molecule has 2 fully saturated rings. The second-order valence-electron chi connectivity index (χ2n) is 5.77. The van der Waals surface area contributed by atoms with Crippen molar-refractivity contribution < 1.29 is 0 Å². The number of nitrogens with one attached hydrogen (secondary N) is 1. The van der Waals surface area contributed by atoms with Gasteiger partial charge in [0.25, 0.3) is 0 Å². The van der Waals surface area contributed by atoms with Crippen LogP contribution in [0.15, 0.2) is 17.6 Å². The molecule has 102 valence electrons. The second-order valence-corrected chi connectivity index (χ2v) is 7.04. The molecule has 2 saturated carbocycles. The zero-order valence-corrected chi connectivity index (χ0v) is 12.1. The number of nitriles is 1. The van der Waals surface area contributed by atoms with E-state index < -0.39 is 0 Å². The lowest BCUT2D eigenvalue weighted by Crippen LogP contribution is -2.49. The molecule has 1 aromatic rings. The fourth-order valence-corrected chi connectivity index (χ4v) is 4.12. The number of imidazole rings is 1. The van der Waals surface area contributed by atoms with Crippen LogP contribution in [0.4, 0.5) is 0 Å². The minimum Gasteiger partial charge on any atom is -0.329 e. The van der Waals surface area contributed by atoms with Crippen molar-refractivity contribution in [1.82, 2.24) is 14.9 Å². The van der Waals surface area contributed by atoms with Gasteiger partial charge in [0, 0.05) is 30.7 Å². The summed E-state index contributed by atoms with van der Waals surface area (Å²) < 4.78 is 2.06. The summed E-state index contributed by atoms with van der Waals surface area (Å²) in [6.45, 7) is 0. The first-order valence-electron chi connectivity index (χ1n) is 7.04. The molecule has 1 N–H and O–H groups in total. The Morgan fingerprint density at radius 2 is 2.37 bits per heavy atom. The Labute approximate surface area is 118 Å². The maximum Gasteiger partial charge on any atom is 0.167 e. The van der Waals surface area contributed by atoms with E-state index in [1.54, 1.807) is 0 Å². The smallest absolute Gasteiger partial charge is 0.167 e. The highest BCUT2D eigenvalue weighted by Crippen LogP contribution is 2.39. The Morgan fingerprint density at radius 1 is 1.53 bits per heavy atom. The van der Waals surface area contributed by atoms with Crippen LogP contribution in [-0.2, 0) is 7.05 Å². The summed E-state index contributed by atoms with van der Waals surface area (Å²) in [6, 6.07) is 3.16. The maximum atomic E-state index is 9.57. The van der Waals surface area contributed by atoms with Gasteiger partial charge in [-0.3, -0.25) is 5.32 Å². The van der Waals surface area contributed by atoms with Crippen molar-refractivity contribution in [2.24, 2.45) is 7.05 Å². The zero-order chi connectivity index (χ0) is 13.3. The maximum absolute atomic E-state index is 9.57. The van der Waals surface area contributed by atoms with Crippen molar-refractivity contribution in [3.05, 3.63) is 12.4 Å². The lowest BCUT2D eigenvalue weighted by atomic mass is 9.82. The lowest BCUT2D eigenvalue weighted by molar-refractivity contribution is 0.301. The highest BCUT2D eigenvalue weighted by atomic mass is 32.2. The molecule has 0 aliphatic heterocycles. The molecule has 2 aliphatic rings. The zero-order valence-electron chi connectivity index (χ0n) is 11.3. The first-order valence-corrected chi connectivity index (χ1v) is 7.92. The van der Waals surface area contributed by atoms with Crippen LogP contribution in [0.1, 0.15) is 38.5 Å². The first-order chi connectivity index (χ1) is 9.21. The van der Waals surface area contributed by atoms with Crippen LogP contribution < -0.4 is 5.32 Å². The molecule has 1 heterocycles. The van der Waals surface area contributed by atoms with Crippen LogP contribution in [0.25, 0.3) is 0 Å². The summed E-state index contributed by atoms with van der Waals surface area (Å²) in [4.78, 5) is 4.38. The number of aryl methyl sites for hydroxylation is 1. The van der Waals surface area contributed by atoms with Crippen molar-refractivity contribution in [2.75, 3.05) is 0 Å². The molecule has 2 aliphatic carbocycles. The van der Waals surface area contributed by atoms with Gasteiger partial charge in [-0.1, -0.05) is 11.8 Å². The van der Waals surface area contributed by atoms with Gasteiger partial charge in [-0.2, -0.15) is 5.26 Å². The van der Waals surface area contributed by atoms with Crippen molar-refractivity contribution in [3.63, 3.8) is 0 Å². The van der Waals surface area contributed by atoms with Gasteiger partial charge in [0.05, 0.1) is 6.07 Å². The molecule has 19 heavy (non-hydrogen) atoms. The fraction of sp³-hybridized carbons (Fsp3) is 0.714. The van der Waals surface area contributed by atoms with E-state index in [1.165, 1.54) is 19.3 Å². The summed E-state index contributed by atoms with van der Waals surface area (Å²) in [5, 5.41) is 14.7. The normalized spacial score (nSPS) is 31.1. The van der Waals surface area contributed by atoms with Gasteiger partial charge in [-0.15, -0.1) is 0 Å². The van der Waals surface area contributed by atoms with E-state index in [-0.39, 0.29) is 5.54 Å². The molecule has 5 heteroatoms. The van der Waals surface area contributed by atoms with Gasteiger partial charge >= 0.3 is 0 Å². The van der Waals surface area contributed by atoms with Gasteiger partial charge in [0.15, 0.2) is 5.16 Å². The van der Waals surface area contributed by atoms with Crippen LogP contribution in [0.3, 0.4) is 0 Å². The number of aromatic nitrogens is 2. The average Bonchev–Trinajstić information content (AvgIpc) is 3.13. The third-order valence-corrected chi connectivity index (χ3v) is 5.37. The van der Waals surface area contributed by atoms with Gasteiger partial charge in [0.1, 0.15) is 5.54 Å². The van der Waals surface area contributed by atoms with Gasteiger partial charge in [-0.25, -0.2) is 4.98 Å². The Hall–Kier alpha value is -0.990. The van der Waals surface area contributed by atoms with Crippen LogP contribution in [0, 0.1) is 11.3 Å². The molecule has 4 nitrogen and oxygen atoms in total. The minimum absolute atomic E-state index is 0.289. The van der Waals surface area contributed by atoms with E-state index in [0.29, 0.717) is 11.3 Å². The van der Waals surface area contributed by atoms with E-state index >= 15 is 0 Å². The van der Waals surface area contributed by atoms with Gasteiger partial charge in [0.2, 0.25) is 0 Å². The molecule has 0 saturated heterocycles. The molecule has 2 atom stereocenters. The van der Waals surface area contributed by atoms with E-state index in [9.17, 15) is 5.26 Å². The highest BCUT2D eigenvalue weighted by Gasteiger charge is 2.40. The Kier molecular flexibility index (Phi) is 3.55. The third-order valence-electron chi connectivity index (χ3n) is 4.03. The molecule has 0 aromatic carbocycles. The van der Waals surface area contributed by atoms with E-state index in [4.69, 9.17) is 0 Å².